The smallest absolute Gasteiger partial charge is 0.0969 e. The molecule has 0 spiro atoms. The normalized spacial score (nSPS) is 17.3. The van der Waals surface area contributed by atoms with Crippen LogP contribution in [0.5, 0.6) is 0 Å². The minimum absolute atomic E-state index is 0.548. The Kier molecular flexibility index (Phi) is 4.75. The van der Waals surface area contributed by atoms with Crippen LogP contribution in [0.15, 0.2) is 24.4 Å². The number of nitrogens with one attached hydrogen (secondary N) is 1. The highest BCUT2D eigenvalue weighted by atomic mass is 16.5. The van der Waals surface area contributed by atoms with Gasteiger partial charge < -0.3 is 15.2 Å². The average molecular weight is 316 g/mol. The third-order valence-electron chi connectivity index (χ3n) is 4.16. The maximum atomic E-state index is 10.4. The van der Waals surface area contributed by atoms with E-state index in [1.807, 2.05) is 0 Å². The summed E-state index contributed by atoms with van der Waals surface area (Å²) in [5.74, 6) is 0. The second-order valence-corrected chi connectivity index (χ2v) is 6.41. The lowest BCUT2D eigenvalue weighted by Crippen LogP contribution is -2.44. The quantitative estimate of drug-likeness (QED) is 0.875. The van der Waals surface area contributed by atoms with Crippen LogP contribution in [0.2, 0.25) is 0 Å². The Bertz CT molecular complexity index is 642. The first-order chi connectivity index (χ1) is 11.0. The van der Waals surface area contributed by atoms with Gasteiger partial charge in [0.1, 0.15) is 0 Å². The van der Waals surface area contributed by atoms with Crippen LogP contribution in [-0.4, -0.2) is 45.5 Å². The van der Waals surface area contributed by atoms with Gasteiger partial charge in [-0.2, -0.15) is 15.0 Å². The van der Waals surface area contributed by atoms with Crippen LogP contribution in [0, 0.1) is 13.8 Å². The van der Waals surface area contributed by atoms with Gasteiger partial charge in [0.25, 0.3) is 0 Å². The summed E-state index contributed by atoms with van der Waals surface area (Å²) >= 11 is 0. The van der Waals surface area contributed by atoms with E-state index in [1.165, 1.54) is 11.1 Å². The zero-order valence-corrected chi connectivity index (χ0v) is 13.7. The predicted octanol–water partition coefficient (Wildman–Crippen LogP) is 1.52. The average Bonchev–Trinajstić information content (AvgIpc) is 2.96. The number of rotatable bonds is 5. The molecule has 124 valence electrons. The van der Waals surface area contributed by atoms with Crippen molar-refractivity contribution in [2.24, 2.45) is 0 Å². The number of hydrogen-bond donors (Lipinski definition) is 2. The zero-order chi connectivity index (χ0) is 16.3. The molecule has 1 aromatic heterocycles. The lowest BCUT2D eigenvalue weighted by atomic mass is 9.94. The molecule has 1 saturated heterocycles. The van der Waals surface area contributed by atoms with Gasteiger partial charge in [-0.05, 0) is 37.1 Å². The highest BCUT2D eigenvalue weighted by Gasteiger charge is 2.29. The topological polar surface area (TPSA) is 72.2 Å². The summed E-state index contributed by atoms with van der Waals surface area (Å²) < 4.78 is 5.29. The van der Waals surface area contributed by atoms with E-state index >= 15 is 0 Å². The number of ether oxygens (including phenoxy) is 1. The Hall–Kier alpha value is -1.76. The largest absolute Gasteiger partial charge is 0.388 e. The van der Waals surface area contributed by atoms with Crippen LogP contribution in [0.3, 0.4) is 0 Å². The summed E-state index contributed by atoms with van der Waals surface area (Å²) in [5, 5.41) is 22.5. The van der Waals surface area contributed by atoms with E-state index in [0.29, 0.717) is 39.1 Å². The van der Waals surface area contributed by atoms with Crippen molar-refractivity contribution >= 4 is 0 Å². The lowest BCUT2D eigenvalue weighted by molar-refractivity contribution is -0.0617. The van der Waals surface area contributed by atoms with E-state index in [4.69, 9.17) is 4.74 Å². The first-order valence-corrected chi connectivity index (χ1v) is 8.05. The molecule has 2 aromatic rings. The lowest BCUT2D eigenvalue weighted by Gasteiger charge is -2.32. The fourth-order valence-electron chi connectivity index (χ4n) is 2.92. The maximum Gasteiger partial charge on any atom is 0.0969 e. The van der Waals surface area contributed by atoms with E-state index < -0.39 is 5.60 Å². The first kappa shape index (κ1) is 16.1. The molecule has 1 aromatic carbocycles. The van der Waals surface area contributed by atoms with Crippen molar-refractivity contribution in [3.8, 4) is 5.69 Å². The Labute approximate surface area is 136 Å². The van der Waals surface area contributed by atoms with Crippen molar-refractivity contribution in [2.75, 3.05) is 19.8 Å². The van der Waals surface area contributed by atoms with E-state index in [2.05, 4.69) is 47.6 Å². The van der Waals surface area contributed by atoms with Gasteiger partial charge in [0.2, 0.25) is 0 Å². The Morgan fingerprint density at radius 3 is 2.61 bits per heavy atom. The fourth-order valence-corrected chi connectivity index (χ4v) is 2.92. The van der Waals surface area contributed by atoms with E-state index in [1.54, 1.807) is 11.0 Å². The third kappa shape index (κ3) is 4.16. The number of hydrogen-bond acceptors (Lipinski definition) is 5. The van der Waals surface area contributed by atoms with Gasteiger partial charge in [-0.15, -0.1) is 0 Å². The number of aromatic nitrogens is 3. The molecule has 0 radical (unpaired) electrons. The van der Waals surface area contributed by atoms with E-state index in [-0.39, 0.29) is 0 Å². The van der Waals surface area contributed by atoms with Gasteiger partial charge >= 0.3 is 0 Å². The van der Waals surface area contributed by atoms with E-state index in [9.17, 15) is 5.11 Å². The van der Waals surface area contributed by atoms with Crippen molar-refractivity contribution in [1.82, 2.24) is 20.3 Å². The maximum absolute atomic E-state index is 10.4. The molecule has 3 rings (SSSR count). The zero-order valence-electron chi connectivity index (χ0n) is 13.7. The molecule has 0 unspecified atom stereocenters. The second-order valence-electron chi connectivity index (χ2n) is 6.41. The van der Waals surface area contributed by atoms with Crippen molar-refractivity contribution in [3.05, 3.63) is 41.2 Å². The molecule has 0 saturated carbocycles. The Balaban J connectivity index is 1.59. The molecule has 1 fully saturated rings. The summed E-state index contributed by atoms with van der Waals surface area (Å²) in [4.78, 5) is 1.65. The van der Waals surface area contributed by atoms with Gasteiger partial charge in [-0.3, -0.25) is 0 Å². The second kappa shape index (κ2) is 6.78. The van der Waals surface area contributed by atoms with Crippen molar-refractivity contribution in [2.45, 2.75) is 38.8 Å². The van der Waals surface area contributed by atoms with Crippen LogP contribution < -0.4 is 5.32 Å². The minimum atomic E-state index is -0.665. The molecule has 0 amide bonds. The van der Waals surface area contributed by atoms with Crippen LogP contribution in [0.4, 0.5) is 0 Å². The standard InChI is InChI=1S/C17H24N4O2/c1-13-7-14(2)9-16(8-13)21-19-11-15(20-21)10-18-12-17(22)3-5-23-6-4-17/h7-9,11,18,22H,3-6,10,12H2,1-2H3. The highest BCUT2D eigenvalue weighted by Crippen LogP contribution is 2.19. The molecule has 1 aliphatic rings. The molecule has 1 aliphatic heterocycles. The molecule has 6 nitrogen and oxygen atoms in total. The highest BCUT2D eigenvalue weighted by molar-refractivity contribution is 5.37. The summed E-state index contributed by atoms with van der Waals surface area (Å²) in [7, 11) is 0. The summed E-state index contributed by atoms with van der Waals surface area (Å²) in [6.07, 6.45) is 3.11. The van der Waals surface area contributed by atoms with Crippen molar-refractivity contribution in [1.29, 1.82) is 0 Å². The predicted molar refractivity (Wildman–Crippen MR) is 87.5 cm³/mol. The Morgan fingerprint density at radius 2 is 1.91 bits per heavy atom. The molecule has 0 bridgehead atoms. The molecule has 2 heterocycles. The van der Waals surface area contributed by atoms with Gasteiger partial charge in [-0.25, -0.2) is 0 Å². The molecule has 6 heteroatoms. The SMILES string of the molecule is Cc1cc(C)cc(-n2ncc(CNCC3(O)CCOCC3)n2)c1. The molecular weight excluding hydrogens is 292 g/mol. The summed E-state index contributed by atoms with van der Waals surface area (Å²) in [6, 6.07) is 6.26. The first-order valence-electron chi connectivity index (χ1n) is 8.05. The van der Waals surface area contributed by atoms with Gasteiger partial charge in [0.15, 0.2) is 0 Å². The van der Waals surface area contributed by atoms with Crippen molar-refractivity contribution < 1.29 is 9.84 Å². The van der Waals surface area contributed by atoms with Crippen LogP contribution in [0.25, 0.3) is 5.69 Å². The molecular formula is C17H24N4O2. The number of aryl methyl sites for hydroxylation is 2. The van der Waals surface area contributed by atoms with Gasteiger partial charge in [0.05, 0.1) is 23.2 Å². The van der Waals surface area contributed by atoms with Gasteiger partial charge in [-0.1, -0.05) is 6.07 Å². The van der Waals surface area contributed by atoms with E-state index in [0.717, 1.165) is 11.4 Å². The monoisotopic (exact) mass is 316 g/mol. The third-order valence-corrected chi connectivity index (χ3v) is 4.16. The molecule has 23 heavy (non-hydrogen) atoms. The van der Waals surface area contributed by atoms with Crippen molar-refractivity contribution in [3.63, 3.8) is 0 Å². The molecule has 2 N–H and O–H groups in total. The molecule has 0 aliphatic carbocycles. The van der Waals surface area contributed by atoms with Crippen LogP contribution >= 0.6 is 0 Å². The summed E-state index contributed by atoms with van der Waals surface area (Å²) in [6.45, 7) is 6.52. The fraction of sp³-hybridized carbons (Fsp3) is 0.529. The number of benzene rings is 1. The van der Waals surface area contributed by atoms with Gasteiger partial charge in [0, 0.05) is 39.1 Å². The number of aliphatic hydroxyl groups is 1. The minimum Gasteiger partial charge on any atom is -0.388 e. The number of nitrogens with zero attached hydrogens (tertiary/aromatic N) is 3. The van der Waals surface area contributed by atoms with Crippen LogP contribution in [-0.2, 0) is 11.3 Å². The Morgan fingerprint density at radius 1 is 1.22 bits per heavy atom. The summed E-state index contributed by atoms with van der Waals surface area (Å²) in [5.41, 5.74) is 3.55. The van der Waals surface area contributed by atoms with Crippen LogP contribution in [0.1, 0.15) is 29.7 Å². The molecule has 0 atom stereocenters.